The minimum Gasteiger partial charge on any atom is -0.396 e. The molecule has 1 saturated heterocycles. The number of halogens is 1. The average Bonchev–Trinajstić information content (AvgIpc) is 2.66. The van der Waals surface area contributed by atoms with Gasteiger partial charge in [-0.3, -0.25) is 0 Å². The number of nitrogens with one attached hydrogen (secondary N) is 1. The number of hydrogen-bond donors (Lipinski definition) is 2. The zero-order chi connectivity index (χ0) is 9.97. The summed E-state index contributed by atoms with van der Waals surface area (Å²) in [5.41, 5.74) is 1.10. The molecule has 1 aromatic rings. The average molecular weight is 212 g/mol. The minimum atomic E-state index is 0.216. The van der Waals surface area contributed by atoms with E-state index in [1.807, 2.05) is 24.3 Å². The number of aliphatic hydroxyl groups excluding tert-OH is 1. The van der Waals surface area contributed by atoms with Gasteiger partial charge in [0.2, 0.25) is 0 Å². The van der Waals surface area contributed by atoms with Crippen LogP contribution >= 0.6 is 11.6 Å². The van der Waals surface area contributed by atoms with Crippen LogP contribution in [0.3, 0.4) is 0 Å². The van der Waals surface area contributed by atoms with Crippen molar-refractivity contribution >= 4 is 11.6 Å². The third kappa shape index (κ3) is 1.78. The molecule has 1 fully saturated rings. The zero-order valence-corrected chi connectivity index (χ0v) is 8.67. The molecule has 0 amide bonds. The van der Waals surface area contributed by atoms with E-state index in [-0.39, 0.29) is 12.6 Å². The van der Waals surface area contributed by atoms with Crippen LogP contribution in [0.2, 0.25) is 5.02 Å². The fourth-order valence-corrected chi connectivity index (χ4v) is 2.30. The molecule has 76 valence electrons. The smallest absolute Gasteiger partial charge is 0.0477 e. The van der Waals surface area contributed by atoms with Gasteiger partial charge in [0.25, 0.3) is 0 Å². The fourth-order valence-electron chi connectivity index (χ4n) is 2.05. The summed E-state index contributed by atoms with van der Waals surface area (Å²) in [7, 11) is 0. The highest BCUT2D eigenvalue weighted by Gasteiger charge is 2.28. The van der Waals surface area contributed by atoms with E-state index < -0.39 is 0 Å². The van der Waals surface area contributed by atoms with Gasteiger partial charge in [-0.25, -0.2) is 0 Å². The second-order valence-electron chi connectivity index (χ2n) is 3.68. The third-order valence-corrected chi connectivity index (χ3v) is 3.17. The molecule has 1 aliphatic rings. The maximum atomic E-state index is 9.21. The lowest BCUT2D eigenvalue weighted by molar-refractivity contribution is 0.214. The van der Waals surface area contributed by atoms with E-state index in [2.05, 4.69) is 5.32 Å². The second kappa shape index (κ2) is 4.30. The number of hydrogen-bond acceptors (Lipinski definition) is 2. The van der Waals surface area contributed by atoms with Crippen molar-refractivity contribution < 1.29 is 5.11 Å². The number of rotatable bonds is 2. The molecular weight excluding hydrogens is 198 g/mol. The van der Waals surface area contributed by atoms with Gasteiger partial charge < -0.3 is 10.4 Å². The molecule has 2 atom stereocenters. The summed E-state index contributed by atoms with van der Waals surface area (Å²) in [5.74, 6) is 0.301. The van der Waals surface area contributed by atoms with E-state index in [0.29, 0.717) is 5.92 Å². The second-order valence-corrected chi connectivity index (χ2v) is 4.09. The van der Waals surface area contributed by atoms with Crippen LogP contribution in [-0.2, 0) is 0 Å². The molecule has 0 bridgehead atoms. The summed E-state index contributed by atoms with van der Waals surface area (Å²) in [6, 6.07) is 8.04. The molecule has 2 N–H and O–H groups in total. The van der Waals surface area contributed by atoms with Crippen LogP contribution < -0.4 is 5.32 Å². The molecule has 2 nitrogen and oxygen atoms in total. The Labute approximate surface area is 88.9 Å². The highest BCUT2D eigenvalue weighted by atomic mass is 35.5. The van der Waals surface area contributed by atoms with Crippen LogP contribution in [0, 0.1) is 5.92 Å². The van der Waals surface area contributed by atoms with Crippen molar-refractivity contribution in [3.63, 3.8) is 0 Å². The van der Waals surface area contributed by atoms with Crippen LogP contribution in [0.4, 0.5) is 0 Å². The maximum Gasteiger partial charge on any atom is 0.0477 e. The first-order chi connectivity index (χ1) is 6.83. The van der Waals surface area contributed by atoms with Crippen molar-refractivity contribution in [3.8, 4) is 0 Å². The largest absolute Gasteiger partial charge is 0.396 e. The lowest BCUT2D eigenvalue weighted by Crippen LogP contribution is -2.20. The molecule has 1 aromatic carbocycles. The molecule has 1 aliphatic heterocycles. The molecule has 14 heavy (non-hydrogen) atoms. The summed E-state index contributed by atoms with van der Waals surface area (Å²) in [4.78, 5) is 0. The lowest BCUT2D eigenvalue weighted by atomic mass is 9.95. The fraction of sp³-hybridized carbons (Fsp3) is 0.455. The molecule has 0 saturated carbocycles. The van der Waals surface area contributed by atoms with E-state index >= 15 is 0 Å². The monoisotopic (exact) mass is 211 g/mol. The number of benzene rings is 1. The van der Waals surface area contributed by atoms with Gasteiger partial charge in [0.15, 0.2) is 0 Å². The van der Waals surface area contributed by atoms with Gasteiger partial charge in [0, 0.05) is 23.6 Å². The normalized spacial score (nSPS) is 26.7. The first kappa shape index (κ1) is 9.97. The lowest BCUT2D eigenvalue weighted by Gasteiger charge is -2.18. The first-order valence-electron chi connectivity index (χ1n) is 4.91. The molecular formula is C11H14ClNO. The quantitative estimate of drug-likeness (QED) is 0.784. The van der Waals surface area contributed by atoms with E-state index in [4.69, 9.17) is 11.6 Å². The van der Waals surface area contributed by atoms with Crippen molar-refractivity contribution in [2.45, 2.75) is 12.5 Å². The van der Waals surface area contributed by atoms with Gasteiger partial charge in [0.1, 0.15) is 0 Å². The van der Waals surface area contributed by atoms with Crippen molar-refractivity contribution in [2.24, 2.45) is 5.92 Å². The van der Waals surface area contributed by atoms with E-state index in [9.17, 15) is 5.11 Å². The van der Waals surface area contributed by atoms with Crippen molar-refractivity contribution in [3.05, 3.63) is 34.9 Å². The maximum absolute atomic E-state index is 9.21. The third-order valence-electron chi connectivity index (χ3n) is 2.83. The summed E-state index contributed by atoms with van der Waals surface area (Å²) >= 11 is 6.10. The van der Waals surface area contributed by atoms with Crippen LogP contribution in [0.1, 0.15) is 18.0 Å². The van der Waals surface area contributed by atoms with Crippen LogP contribution in [0.25, 0.3) is 0 Å². The SMILES string of the molecule is OCC1CCNC1c1ccccc1Cl. The summed E-state index contributed by atoms with van der Waals surface area (Å²) in [6.07, 6.45) is 1.02. The molecule has 0 aromatic heterocycles. The van der Waals surface area contributed by atoms with Crippen LogP contribution in [0.15, 0.2) is 24.3 Å². The standard InChI is InChI=1S/C11H14ClNO/c12-10-4-2-1-3-9(10)11-8(7-14)5-6-13-11/h1-4,8,11,13-14H,5-7H2. The highest BCUT2D eigenvalue weighted by Crippen LogP contribution is 2.32. The Balaban J connectivity index is 2.26. The molecule has 0 aliphatic carbocycles. The summed E-state index contributed by atoms with van der Waals surface area (Å²) in [5, 5.41) is 13.4. The van der Waals surface area contributed by atoms with Crippen molar-refractivity contribution in [2.75, 3.05) is 13.2 Å². The first-order valence-corrected chi connectivity index (χ1v) is 5.29. The van der Waals surface area contributed by atoms with Gasteiger partial charge in [-0.15, -0.1) is 0 Å². The molecule has 2 unspecified atom stereocenters. The van der Waals surface area contributed by atoms with Crippen LogP contribution in [0.5, 0.6) is 0 Å². The predicted octanol–water partition coefficient (Wildman–Crippen LogP) is 1.98. The predicted molar refractivity (Wildman–Crippen MR) is 57.4 cm³/mol. The van der Waals surface area contributed by atoms with Gasteiger partial charge >= 0.3 is 0 Å². The molecule has 1 heterocycles. The molecule has 0 radical (unpaired) electrons. The Morgan fingerprint density at radius 3 is 2.93 bits per heavy atom. The van der Waals surface area contributed by atoms with Crippen LogP contribution in [-0.4, -0.2) is 18.3 Å². The molecule has 3 heteroatoms. The van der Waals surface area contributed by atoms with Gasteiger partial charge in [-0.2, -0.15) is 0 Å². The molecule has 2 rings (SSSR count). The Bertz CT molecular complexity index is 316. The zero-order valence-electron chi connectivity index (χ0n) is 7.91. The van der Waals surface area contributed by atoms with E-state index in [1.54, 1.807) is 0 Å². The Morgan fingerprint density at radius 2 is 2.21 bits per heavy atom. The Kier molecular flexibility index (Phi) is 3.06. The number of aliphatic hydroxyl groups is 1. The van der Waals surface area contributed by atoms with Gasteiger partial charge in [-0.1, -0.05) is 29.8 Å². The van der Waals surface area contributed by atoms with E-state index in [1.165, 1.54) is 0 Å². The van der Waals surface area contributed by atoms with Gasteiger partial charge in [0.05, 0.1) is 0 Å². The Morgan fingerprint density at radius 1 is 1.43 bits per heavy atom. The van der Waals surface area contributed by atoms with Gasteiger partial charge in [-0.05, 0) is 24.6 Å². The molecule has 0 spiro atoms. The highest BCUT2D eigenvalue weighted by molar-refractivity contribution is 6.31. The topological polar surface area (TPSA) is 32.3 Å². The van der Waals surface area contributed by atoms with E-state index in [0.717, 1.165) is 23.6 Å². The van der Waals surface area contributed by atoms with Crippen molar-refractivity contribution in [1.82, 2.24) is 5.32 Å². The minimum absolute atomic E-state index is 0.216. The summed E-state index contributed by atoms with van der Waals surface area (Å²) < 4.78 is 0. The van der Waals surface area contributed by atoms with Crippen molar-refractivity contribution in [1.29, 1.82) is 0 Å². The Hall–Kier alpha value is -0.570. The summed E-state index contributed by atoms with van der Waals surface area (Å²) in [6.45, 7) is 1.18.